The van der Waals surface area contributed by atoms with Crippen molar-refractivity contribution in [2.24, 2.45) is 0 Å². The van der Waals surface area contributed by atoms with Crippen LogP contribution in [-0.2, 0) is 4.79 Å². The molecule has 1 amide bonds. The average molecular weight is 315 g/mol. The van der Waals surface area contributed by atoms with Gasteiger partial charge in [0, 0.05) is 13.0 Å². The smallest absolute Gasteiger partial charge is 0.326 e. The summed E-state index contributed by atoms with van der Waals surface area (Å²) in [6, 6.07) is 2.62. The van der Waals surface area contributed by atoms with Gasteiger partial charge >= 0.3 is 11.7 Å². The number of para-hydroxylation sites is 1. The molecule has 0 aromatic heterocycles. The third-order valence-corrected chi connectivity index (χ3v) is 3.53. The van der Waals surface area contributed by atoms with Gasteiger partial charge in [0.15, 0.2) is 0 Å². The van der Waals surface area contributed by atoms with Crippen LogP contribution in [-0.4, -0.2) is 50.6 Å². The quantitative estimate of drug-likeness (QED) is 0.631. The highest BCUT2D eigenvalue weighted by Gasteiger charge is 2.41. The van der Waals surface area contributed by atoms with Crippen LogP contribution in [0.5, 0.6) is 0 Å². The van der Waals surface area contributed by atoms with Crippen molar-refractivity contribution in [1.29, 1.82) is 0 Å². The zero-order valence-corrected chi connectivity index (χ0v) is 11.4. The first-order chi connectivity index (χ1) is 9.82. The number of hydrogen-bond donors (Lipinski definition) is 2. The molecule has 9 heteroatoms. The summed E-state index contributed by atoms with van der Waals surface area (Å²) < 4.78 is 0. The van der Waals surface area contributed by atoms with Gasteiger partial charge in [0.25, 0.3) is 5.91 Å². The number of likely N-dealkylation sites (tertiary alicyclic amines) is 1. The number of rotatable bonds is 3. The largest absolute Gasteiger partial charge is 0.480 e. The van der Waals surface area contributed by atoms with Crippen LogP contribution in [0.3, 0.4) is 0 Å². The zero-order chi connectivity index (χ0) is 15.7. The van der Waals surface area contributed by atoms with Crippen LogP contribution in [0.15, 0.2) is 18.2 Å². The number of aliphatic carboxylic acids is 1. The first kappa shape index (κ1) is 15.2. The van der Waals surface area contributed by atoms with Gasteiger partial charge < -0.3 is 15.1 Å². The van der Waals surface area contributed by atoms with Gasteiger partial charge in [-0.25, -0.2) is 4.79 Å². The van der Waals surface area contributed by atoms with Crippen LogP contribution >= 0.6 is 11.6 Å². The number of aliphatic hydroxyl groups is 1. The molecule has 1 aliphatic heterocycles. The highest BCUT2D eigenvalue weighted by molar-refractivity contribution is 6.33. The monoisotopic (exact) mass is 314 g/mol. The van der Waals surface area contributed by atoms with E-state index in [0.29, 0.717) is 0 Å². The number of carbonyl (C=O) groups is 2. The number of carboxylic acid groups (broad SMARTS) is 1. The van der Waals surface area contributed by atoms with Crippen molar-refractivity contribution >= 4 is 29.2 Å². The summed E-state index contributed by atoms with van der Waals surface area (Å²) in [6.07, 6.45) is -1.09. The van der Waals surface area contributed by atoms with E-state index in [1.807, 2.05) is 0 Å². The van der Waals surface area contributed by atoms with Crippen molar-refractivity contribution in [2.45, 2.75) is 18.6 Å². The van der Waals surface area contributed by atoms with E-state index in [9.17, 15) is 24.8 Å². The maximum atomic E-state index is 12.4. The lowest BCUT2D eigenvalue weighted by atomic mass is 10.1. The molecule has 0 bridgehead atoms. The highest BCUT2D eigenvalue weighted by Crippen LogP contribution is 2.31. The number of amides is 1. The molecule has 1 heterocycles. The second-order valence-corrected chi connectivity index (χ2v) is 5.00. The van der Waals surface area contributed by atoms with E-state index in [0.717, 1.165) is 4.90 Å². The summed E-state index contributed by atoms with van der Waals surface area (Å²) in [6.45, 7) is -0.195. The molecule has 0 saturated carbocycles. The Labute approximate surface area is 123 Å². The predicted octanol–water partition coefficient (Wildman–Crippen LogP) is 0.908. The van der Waals surface area contributed by atoms with E-state index in [1.165, 1.54) is 18.2 Å². The van der Waals surface area contributed by atoms with Gasteiger partial charge in [-0.15, -0.1) is 0 Å². The van der Waals surface area contributed by atoms with Gasteiger partial charge in [0.05, 0.1) is 11.0 Å². The van der Waals surface area contributed by atoms with Crippen LogP contribution in [0.1, 0.15) is 16.8 Å². The fraction of sp³-hybridized carbons (Fsp3) is 0.333. The molecule has 1 aromatic carbocycles. The standard InChI is InChI=1S/C12H11ClN2O6/c13-8-3-1-2-7(10(8)15(20)21)11(17)14-5-6(16)4-9(14)12(18)19/h1-3,6,9,16H,4-5H2,(H,18,19)/t6-,9-/m0/s1. The number of carbonyl (C=O) groups excluding carboxylic acids is 1. The molecule has 21 heavy (non-hydrogen) atoms. The molecule has 2 N–H and O–H groups in total. The molecule has 0 unspecified atom stereocenters. The Bertz CT molecular complexity index is 620. The van der Waals surface area contributed by atoms with Crippen molar-refractivity contribution in [3.05, 3.63) is 38.9 Å². The van der Waals surface area contributed by atoms with Crippen LogP contribution in [0.25, 0.3) is 0 Å². The minimum Gasteiger partial charge on any atom is -0.480 e. The highest BCUT2D eigenvalue weighted by atomic mass is 35.5. The first-order valence-corrected chi connectivity index (χ1v) is 6.35. The molecular weight excluding hydrogens is 304 g/mol. The Morgan fingerprint density at radius 3 is 2.67 bits per heavy atom. The number of nitro benzene ring substituents is 1. The number of nitro groups is 1. The van der Waals surface area contributed by atoms with Gasteiger partial charge in [0.2, 0.25) is 0 Å². The lowest BCUT2D eigenvalue weighted by Crippen LogP contribution is -2.40. The number of hydrogen-bond acceptors (Lipinski definition) is 5. The van der Waals surface area contributed by atoms with Crippen molar-refractivity contribution in [2.75, 3.05) is 6.54 Å². The van der Waals surface area contributed by atoms with Crippen molar-refractivity contribution in [3.63, 3.8) is 0 Å². The average Bonchev–Trinajstić information content (AvgIpc) is 2.79. The molecule has 2 rings (SSSR count). The molecule has 1 aliphatic rings. The molecule has 8 nitrogen and oxygen atoms in total. The summed E-state index contributed by atoms with van der Waals surface area (Å²) in [5.41, 5.74) is -0.873. The number of aliphatic hydroxyl groups excluding tert-OH is 1. The van der Waals surface area contributed by atoms with Crippen LogP contribution in [0.2, 0.25) is 5.02 Å². The maximum absolute atomic E-state index is 12.4. The first-order valence-electron chi connectivity index (χ1n) is 5.97. The molecule has 0 radical (unpaired) electrons. The molecule has 1 saturated heterocycles. The molecule has 0 spiro atoms. The predicted molar refractivity (Wildman–Crippen MR) is 71.2 cm³/mol. The van der Waals surface area contributed by atoms with Crippen molar-refractivity contribution in [1.82, 2.24) is 4.90 Å². The van der Waals surface area contributed by atoms with Gasteiger partial charge in [-0.05, 0) is 12.1 Å². The molecule has 0 aliphatic carbocycles. The Hall–Kier alpha value is -2.19. The van der Waals surface area contributed by atoms with Gasteiger partial charge in [-0.3, -0.25) is 14.9 Å². The Balaban J connectivity index is 2.43. The Morgan fingerprint density at radius 2 is 2.10 bits per heavy atom. The minimum atomic E-state index is -1.27. The van der Waals surface area contributed by atoms with E-state index >= 15 is 0 Å². The number of carboxylic acids is 1. The third kappa shape index (κ3) is 2.81. The molecule has 112 valence electrons. The Kier molecular flexibility index (Phi) is 4.10. The lowest BCUT2D eigenvalue weighted by Gasteiger charge is -2.21. The fourth-order valence-electron chi connectivity index (χ4n) is 2.30. The number of halogens is 1. The Morgan fingerprint density at radius 1 is 1.43 bits per heavy atom. The van der Waals surface area contributed by atoms with Crippen molar-refractivity contribution in [3.8, 4) is 0 Å². The van der Waals surface area contributed by atoms with E-state index in [1.54, 1.807) is 0 Å². The van der Waals surface area contributed by atoms with E-state index in [2.05, 4.69) is 0 Å². The summed E-state index contributed by atoms with van der Waals surface area (Å²) in [5, 5.41) is 29.4. The van der Waals surface area contributed by atoms with Crippen molar-refractivity contribution < 1.29 is 24.7 Å². The fourth-order valence-corrected chi connectivity index (χ4v) is 2.54. The number of nitrogens with zero attached hydrogens (tertiary/aromatic N) is 2. The lowest BCUT2D eigenvalue weighted by molar-refractivity contribution is -0.385. The van der Waals surface area contributed by atoms with Crippen LogP contribution in [0, 0.1) is 10.1 Å². The van der Waals surface area contributed by atoms with E-state index in [4.69, 9.17) is 16.7 Å². The summed E-state index contributed by atoms with van der Waals surface area (Å²) in [7, 11) is 0. The SMILES string of the molecule is O=C(O)[C@@H]1C[C@H](O)CN1C(=O)c1cccc(Cl)c1[N+](=O)[O-]. The molecular formula is C12H11ClN2O6. The van der Waals surface area contributed by atoms with Gasteiger partial charge in [-0.2, -0.15) is 0 Å². The van der Waals surface area contributed by atoms with Crippen LogP contribution in [0.4, 0.5) is 5.69 Å². The molecule has 2 atom stereocenters. The van der Waals surface area contributed by atoms with Gasteiger partial charge in [-0.1, -0.05) is 17.7 Å². The van der Waals surface area contributed by atoms with E-state index in [-0.39, 0.29) is 23.6 Å². The summed E-state index contributed by atoms with van der Waals surface area (Å²) in [5.74, 6) is -2.11. The zero-order valence-electron chi connectivity index (χ0n) is 10.6. The molecule has 1 aromatic rings. The van der Waals surface area contributed by atoms with E-state index < -0.39 is 34.6 Å². The second-order valence-electron chi connectivity index (χ2n) is 4.59. The normalized spacial score (nSPS) is 21.3. The maximum Gasteiger partial charge on any atom is 0.326 e. The topological polar surface area (TPSA) is 121 Å². The summed E-state index contributed by atoms with van der Waals surface area (Å²) in [4.78, 5) is 34.6. The van der Waals surface area contributed by atoms with Gasteiger partial charge in [0.1, 0.15) is 16.6 Å². The summed E-state index contributed by atoms with van der Waals surface area (Å²) >= 11 is 5.72. The molecule has 1 fully saturated rings. The third-order valence-electron chi connectivity index (χ3n) is 3.22. The minimum absolute atomic E-state index is 0.116. The number of benzene rings is 1. The van der Waals surface area contributed by atoms with Crippen LogP contribution < -0.4 is 0 Å². The second kappa shape index (κ2) is 5.66. The number of β-amino-alcohol motifs (C(OH)–C–C–N with tert-alkyl or cyclic N) is 1.